The Kier molecular flexibility index (Phi) is 12.9. The van der Waals surface area contributed by atoms with Gasteiger partial charge < -0.3 is 10.2 Å². The van der Waals surface area contributed by atoms with Gasteiger partial charge >= 0.3 is 0 Å². The van der Waals surface area contributed by atoms with Crippen LogP contribution in [0, 0.1) is 0 Å². The molecule has 6 heteroatoms. The largest absolute Gasteiger partial charge is 0.386 e. The minimum absolute atomic E-state index is 0.0988. The van der Waals surface area contributed by atoms with E-state index in [0.717, 1.165) is 17.9 Å². The van der Waals surface area contributed by atoms with E-state index >= 15 is 0 Å². The summed E-state index contributed by atoms with van der Waals surface area (Å²) >= 11 is 0. The fourth-order valence-corrected chi connectivity index (χ4v) is 2.72. The summed E-state index contributed by atoms with van der Waals surface area (Å²) in [6.07, 6.45) is 7.62. The number of hydrogen-bond acceptors (Lipinski definition) is 4. The summed E-state index contributed by atoms with van der Waals surface area (Å²) in [6.45, 7) is 12.4. The van der Waals surface area contributed by atoms with Gasteiger partial charge in [0.1, 0.15) is 0 Å². The number of likely N-dealkylation sites (N-methyl/N-ethyl adjacent to an activating group) is 2. The molecule has 0 saturated heterocycles. The zero-order valence-electron chi connectivity index (χ0n) is 15.1. The molecule has 1 atom stereocenters. The van der Waals surface area contributed by atoms with E-state index in [1.807, 2.05) is 53.9 Å². The summed E-state index contributed by atoms with van der Waals surface area (Å²) < 4.78 is 24.9. The van der Waals surface area contributed by atoms with Crippen LogP contribution in [-0.2, 0) is 10.0 Å². The molecule has 0 rings (SSSR count). The van der Waals surface area contributed by atoms with Crippen LogP contribution in [0.5, 0.6) is 0 Å². The first kappa shape index (κ1) is 23.0. The maximum absolute atomic E-state index is 11.1. The van der Waals surface area contributed by atoms with Gasteiger partial charge in [0.2, 0.25) is 10.0 Å². The standard InChI is InChI=1S/C14H27N3O2S.C2H6/c1-7-9-13(15-4)14(8-2)17(5)11-10-12(3)16-20(6,18)19;1-2/h7-9,12,15-16H,2,10-11H2,1,3-6H3;1-2H3/b9-7-,14-13-;. The van der Waals surface area contributed by atoms with Gasteiger partial charge in [0, 0.05) is 26.7 Å². The Morgan fingerprint density at radius 2 is 1.91 bits per heavy atom. The third-order valence-electron chi connectivity index (χ3n) is 2.80. The number of nitrogens with one attached hydrogen (secondary N) is 2. The third kappa shape index (κ3) is 10.5. The molecule has 0 fully saturated rings. The molecule has 0 heterocycles. The highest BCUT2D eigenvalue weighted by atomic mass is 32.2. The van der Waals surface area contributed by atoms with Crippen LogP contribution >= 0.6 is 0 Å². The van der Waals surface area contributed by atoms with E-state index in [1.165, 1.54) is 6.26 Å². The minimum Gasteiger partial charge on any atom is -0.386 e. The van der Waals surface area contributed by atoms with Gasteiger partial charge in [-0.05, 0) is 32.4 Å². The van der Waals surface area contributed by atoms with Gasteiger partial charge in [0.05, 0.1) is 17.6 Å². The summed E-state index contributed by atoms with van der Waals surface area (Å²) in [7, 11) is 0.674. The topological polar surface area (TPSA) is 61.4 Å². The van der Waals surface area contributed by atoms with Crippen LogP contribution in [0.4, 0.5) is 0 Å². The second-order valence-corrected chi connectivity index (χ2v) is 6.53. The first-order valence-corrected chi connectivity index (χ1v) is 9.49. The maximum atomic E-state index is 11.1. The molecule has 0 amide bonds. The van der Waals surface area contributed by atoms with Crippen LogP contribution in [0.25, 0.3) is 0 Å². The SMILES string of the molecule is C=C/C(=C(\C=C/C)NC)N(C)CCC(C)NS(C)(=O)=O.CC. The quantitative estimate of drug-likeness (QED) is 0.637. The first-order chi connectivity index (χ1) is 10.2. The monoisotopic (exact) mass is 331 g/mol. The second-order valence-electron chi connectivity index (χ2n) is 4.75. The van der Waals surface area contributed by atoms with E-state index in [4.69, 9.17) is 0 Å². The fourth-order valence-electron chi connectivity index (χ4n) is 1.87. The van der Waals surface area contributed by atoms with Crippen molar-refractivity contribution < 1.29 is 8.42 Å². The van der Waals surface area contributed by atoms with E-state index < -0.39 is 10.0 Å². The highest BCUT2D eigenvalue weighted by molar-refractivity contribution is 7.88. The van der Waals surface area contributed by atoms with Gasteiger partial charge in [-0.1, -0.05) is 26.5 Å². The molecule has 22 heavy (non-hydrogen) atoms. The van der Waals surface area contributed by atoms with Crippen LogP contribution < -0.4 is 10.0 Å². The van der Waals surface area contributed by atoms with Crippen LogP contribution in [0.15, 0.2) is 36.2 Å². The van der Waals surface area contributed by atoms with Gasteiger partial charge in [0.15, 0.2) is 0 Å². The predicted octanol–water partition coefficient (Wildman–Crippen LogP) is 2.47. The fraction of sp³-hybridized carbons (Fsp3) is 0.625. The molecular formula is C16H33N3O2S. The van der Waals surface area contributed by atoms with Crippen molar-refractivity contribution >= 4 is 10.0 Å². The Balaban J connectivity index is 0. The average molecular weight is 332 g/mol. The van der Waals surface area contributed by atoms with Crippen LogP contribution in [0.1, 0.15) is 34.1 Å². The lowest BCUT2D eigenvalue weighted by atomic mass is 10.2. The molecule has 0 aliphatic carbocycles. The zero-order valence-corrected chi connectivity index (χ0v) is 15.9. The molecule has 0 spiro atoms. The van der Waals surface area contributed by atoms with E-state index in [2.05, 4.69) is 21.5 Å². The normalized spacial score (nSPS) is 13.8. The van der Waals surface area contributed by atoms with Gasteiger partial charge in [-0.15, -0.1) is 0 Å². The molecule has 5 nitrogen and oxygen atoms in total. The van der Waals surface area contributed by atoms with E-state index in [0.29, 0.717) is 6.42 Å². The molecule has 0 aromatic rings. The van der Waals surface area contributed by atoms with Crippen molar-refractivity contribution in [3.05, 3.63) is 36.2 Å². The van der Waals surface area contributed by atoms with Gasteiger partial charge in [-0.25, -0.2) is 13.1 Å². The first-order valence-electron chi connectivity index (χ1n) is 7.60. The Hall–Kier alpha value is -1.27. The molecule has 1 unspecified atom stereocenters. The number of hydrogen-bond donors (Lipinski definition) is 2. The van der Waals surface area contributed by atoms with Crippen molar-refractivity contribution in [3.8, 4) is 0 Å². The zero-order chi connectivity index (χ0) is 17.8. The molecule has 0 radical (unpaired) electrons. The highest BCUT2D eigenvalue weighted by Gasteiger charge is 2.11. The van der Waals surface area contributed by atoms with Crippen molar-refractivity contribution in [3.63, 3.8) is 0 Å². The minimum atomic E-state index is -3.15. The molecule has 0 aromatic carbocycles. The number of rotatable bonds is 9. The van der Waals surface area contributed by atoms with Crippen molar-refractivity contribution in [1.82, 2.24) is 14.9 Å². The molecule has 2 N–H and O–H groups in total. The molecule has 0 saturated carbocycles. The second kappa shape index (κ2) is 12.3. The lowest BCUT2D eigenvalue weighted by Crippen LogP contribution is -2.34. The van der Waals surface area contributed by atoms with Gasteiger partial charge in [0.25, 0.3) is 0 Å². The third-order valence-corrected chi connectivity index (χ3v) is 3.63. The Bertz CT molecular complexity index is 468. The van der Waals surface area contributed by atoms with Crippen molar-refractivity contribution in [1.29, 1.82) is 0 Å². The molecule has 130 valence electrons. The summed E-state index contributed by atoms with van der Waals surface area (Å²) in [5.74, 6) is 0. The van der Waals surface area contributed by atoms with E-state index in [1.54, 1.807) is 6.08 Å². The van der Waals surface area contributed by atoms with E-state index in [9.17, 15) is 8.42 Å². The van der Waals surface area contributed by atoms with Crippen LogP contribution in [-0.4, -0.2) is 46.3 Å². The molecule has 0 aliphatic rings. The number of sulfonamides is 1. The number of nitrogens with zero attached hydrogens (tertiary/aromatic N) is 1. The lowest BCUT2D eigenvalue weighted by Gasteiger charge is -2.24. The molecular weight excluding hydrogens is 298 g/mol. The van der Waals surface area contributed by atoms with Crippen molar-refractivity contribution in [2.45, 2.75) is 40.2 Å². The smallest absolute Gasteiger partial charge is 0.208 e. The van der Waals surface area contributed by atoms with Crippen molar-refractivity contribution in [2.24, 2.45) is 0 Å². The molecule has 0 aromatic heterocycles. The van der Waals surface area contributed by atoms with Gasteiger partial charge in [-0.3, -0.25) is 0 Å². The summed E-state index contributed by atoms with van der Waals surface area (Å²) in [5, 5.41) is 3.13. The van der Waals surface area contributed by atoms with Crippen molar-refractivity contribution in [2.75, 3.05) is 26.9 Å². The molecule has 0 bridgehead atoms. The number of allylic oxidation sites excluding steroid dienone is 3. The maximum Gasteiger partial charge on any atom is 0.208 e. The van der Waals surface area contributed by atoms with Gasteiger partial charge in [-0.2, -0.15) is 0 Å². The predicted molar refractivity (Wildman–Crippen MR) is 97.1 cm³/mol. The Morgan fingerprint density at radius 3 is 2.27 bits per heavy atom. The van der Waals surface area contributed by atoms with Crippen LogP contribution in [0.2, 0.25) is 0 Å². The summed E-state index contributed by atoms with van der Waals surface area (Å²) in [6, 6.07) is -0.0988. The highest BCUT2D eigenvalue weighted by Crippen LogP contribution is 2.10. The Labute approximate surface area is 137 Å². The van der Waals surface area contributed by atoms with Crippen LogP contribution in [0.3, 0.4) is 0 Å². The lowest BCUT2D eigenvalue weighted by molar-refractivity contribution is 0.392. The van der Waals surface area contributed by atoms with E-state index in [-0.39, 0.29) is 6.04 Å². The molecule has 0 aliphatic heterocycles. The summed E-state index contributed by atoms with van der Waals surface area (Å²) in [4.78, 5) is 2.05. The average Bonchev–Trinajstić information content (AvgIpc) is 2.45. The Morgan fingerprint density at radius 1 is 1.36 bits per heavy atom. The summed E-state index contributed by atoms with van der Waals surface area (Å²) in [5.41, 5.74) is 1.96.